The molecule has 1 N–H and O–H groups in total. The van der Waals surface area contributed by atoms with E-state index < -0.39 is 0 Å². The Hall–Kier alpha value is -0.690. The Labute approximate surface area is 116 Å². The molecule has 1 saturated heterocycles. The van der Waals surface area contributed by atoms with Crippen molar-refractivity contribution in [2.75, 3.05) is 73.2 Å². The predicted molar refractivity (Wildman–Crippen MR) is 74.3 cm³/mol. The molecule has 0 aromatic rings. The Morgan fingerprint density at radius 2 is 1.84 bits per heavy atom. The normalized spacial score (nSPS) is 16.7. The number of rotatable bonds is 8. The third kappa shape index (κ3) is 6.87. The predicted octanol–water partition coefficient (Wildman–Crippen LogP) is -0.597. The summed E-state index contributed by atoms with van der Waals surface area (Å²) >= 11 is 0. The van der Waals surface area contributed by atoms with Crippen LogP contribution in [0.4, 0.5) is 0 Å². The Kier molecular flexibility index (Phi) is 8.73. The van der Waals surface area contributed by atoms with E-state index in [4.69, 9.17) is 9.47 Å². The van der Waals surface area contributed by atoms with E-state index in [2.05, 4.69) is 10.2 Å². The summed E-state index contributed by atoms with van der Waals surface area (Å²) in [6, 6.07) is 0. The summed E-state index contributed by atoms with van der Waals surface area (Å²) in [5, 5.41) is 3.31. The Morgan fingerprint density at radius 1 is 1.16 bits per heavy atom. The van der Waals surface area contributed by atoms with Gasteiger partial charge in [0.15, 0.2) is 0 Å². The fourth-order valence-electron chi connectivity index (χ4n) is 2.10. The number of nitrogens with one attached hydrogen (secondary N) is 1. The molecule has 19 heavy (non-hydrogen) atoms. The molecule has 0 bridgehead atoms. The molecule has 0 aromatic carbocycles. The number of hydrogen-bond donors (Lipinski definition) is 1. The maximum absolute atomic E-state index is 12.3. The van der Waals surface area contributed by atoms with Crippen molar-refractivity contribution >= 4 is 5.91 Å². The summed E-state index contributed by atoms with van der Waals surface area (Å²) in [6.45, 7) is 6.80. The molecule has 1 fully saturated rings. The molecule has 0 aromatic heterocycles. The van der Waals surface area contributed by atoms with Gasteiger partial charge in [0.1, 0.15) is 0 Å². The minimum atomic E-state index is 0.205. The summed E-state index contributed by atoms with van der Waals surface area (Å²) in [4.78, 5) is 16.3. The Balaban J connectivity index is 2.38. The van der Waals surface area contributed by atoms with Crippen molar-refractivity contribution in [3.8, 4) is 0 Å². The number of nitrogens with zero attached hydrogens (tertiary/aromatic N) is 2. The molecule has 1 amide bonds. The Morgan fingerprint density at radius 3 is 2.47 bits per heavy atom. The second-order valence-corrected chi connectivity index (χ2v) is 4.75. The van der Waals surface area contributed by atoms with Crippen molar-refractivity contribution < 1.29 is 14.3 Å². The van der Waals surface area contributed by atoms with Crippen LogP contribution < -0.4 is 5.32 Å². The van der Waals surface area contributed by atoms with E-state index in [0.29, 0.717) is 19.8 Å². The van der Waals surface area contributed by atoms with Crippen molar-refractivity contribution in [2.24, 2.45) is 0 Å². The first kappa shape index (κ1) is 16.4. The van der Waals surface area contributed by atoms with Crippen LogP contribution in [0.5, 0.6) is 0 Å². The highest BCUT2D eigenvalue weighted by molar-refractivity contribution is 5.78. The van der Waals surface area contributed by atoms with Gasteiger partial charge in [-0.2, -0.15) is 0 Å². The topological polar surface area (TPSA) is 54.0 Å². The average Bonchev–Trinajstić information content (AvgIpc) is 2.70. The minimum absolute atomic E-state index is 0.205. The number of amides is 1. The first-order chi connectivity index (χ1) is 9.27. The average molecular weight is 273 g/mol. The van der Waals surface area contributed by atoms with Crippen molar-refractivity contribution in [2.45, 2.75) is 6.42 Å². The van der Waals surface area contributed by atoms with E-state index in [1.165, 1.54) is 0 Å². The van der Waals surface area contributed by atoms with Crippen LogP contribution in [0.15, 0.2) is 0 Å². The van der Waals surface area contributed by atoms with Crippen molar-refractivity contribution in [3.05, 3.63) is 0 Å². The summed E-state index contributed by atoms with van der Waals surface area (Å²) in [5.74, 6) is 0.205. The smallest absolute Gasteiger partial charge is 0.236 e. The molecular weight excluding hydrogens is 246 g/mol. The fourth-order valence-corrected chi connectivity index (χ4v) is 2.10. The van der Waals surface area contributed by atoms with Gasteiger partial charge in [0.2, 0.25) is 5.91 Å². The Bertz CT molecular complexity index is 235. The maximum atomic E-state index is 12.3. The number of carbonyl (C=O) groups excluding carboxylic acids is 1. The third-order valence-electron chi connectivity index (χ3n) is 3.27. The van der Waals surface area contributed by atoms with Crippen LogP contribution in [-0.4, -0.2) is 89.0 Å². The molecule has 1 heterocycles. The zero-order valence-corrected chi connectivity index (χ0v) is 12.2. The second-order valence-electron chi connectivity index (χ2n) is 4.75. The SMILES string of the molecule is COCCN(CCOC)CC(=O)N1CCCNCC1. The highest BCUT2D eigenvalue weighted by Gasteiger charge is 2.18. The van der Waals surface area contributed by atoms with E-state index in [1.54, 1.807) is 14.2 Å². The van der Waals surface area contributed by atoms with E-state index in [1.807, 2.05) is 4.90 Å². The van der Waals surface area contributed by atoms with Crippen LogP contribution >= 0.6 is 0 Å². The van der Waals surface area contributed by atoms with E-state index in [9.17, 15) is 4.79 Å². The van der Waals surface area contributed by atoms with E-state index in [0.717, 1.165) is 45.7 Å². The molecule has 0 spiro atoms. The van der Waals surface area contributed by atoms with Crippen molar-refractivity contribution in [1.29, 1.82) is 0 Å². The quantitative estimate of drug-likeness (QED) is 0.640. The fraction of sp³-hybridized carbons (Fsp3) is 0.923. The lowest BCUT2D eigenvalue weighted by Gasteiger charge is -2.26. The summed E-state index contributed by atoms with van der Waals surface area (Å²) < 4.78 is 10.2. The lowest BCUT2D eigenvalue weighted by Crippen LogP contribution is -2.43. The molecular formula is C13H27N3O3. The number of ether oxygens (including phenoxy) is 2. The lowest BCUT2D eigenvalue weighted by atomic mass is 10.3. The maximum Gasteiger partial charge on any atom is 0.236 e. The van der Waals surface area contributed by atoms with Gasteiger partial charge in [-0.3, -0.25) is 9.69 Å². The van der Waals surface area contributed by atoms with Gasteiger partial charge in [0, 0.05) is 46.9 Å². The molecule has 0 radical (unpaired) electrons. The van der Waals surface area contributed by atoms with Gasteiger partial charge in [-0.1, -0.05) is 0 Å². The largest absolute Gasteiger partial charge is 0.383 e. The zero-order valence-electron chi connectivity index (χ0n) is 12.2. The van der Waals surface area contributed by atoms with Crippen LogP contribution in [-0.2, 0) is 14.3 Å². The van der Waals surface area contributed by atoms with E-state index >= 15 is 0 Å². The van der Waals surface area contributed by atoms with Gasteiger partial charge in [-0.25, -0.2) is 0 Å². The molecule has 1 aliphatic heterocycles. The summed E-state index contributed by atoms with van der Waals surface area (Å²) in [5.41, 5.74) is 0. The molecule has 0 atom stereocenters. The number of methoxy groups -OCH3 is 2. The van der Waals surface area contributed by atoms with Crippen LogP contribution in [0.1, 0.15) is 6.42 Å². The molecule has 1 aliphatic rings. The van der Waals surface area contributed by atoms with Crippen molar-refractivity contribution in [1.82, 2.24) is 15.1 Å². The molecule has 0 aliphatic carbocycles. The monoisotopic (exact) mass is 273 g/mol. The van der Waals surface area contributed by atoms with Gasteiger partial charge in [0.05, 0.1) is 19.8 Å². The number of hydrogen-bond acceptors (Lipinski definition) is 5. The second kappa shape index (κ2) is 10.1. The lowest BCUT2D eigenvalue weighted by molar-refractivity contribution is -0.132. The molecule has 6 nitrogen and oxygen atoms in total. The minimum Gasteiger partial charge on any atom is -0.383 e. The molecule has 1 rings (SSSR count). The first-order valence-corrected chi connectivity index (χ1v) is 6.96. The van der Waals surface area contributed by atoms with Gasteiger partial charge in [0.25, 0.3) is 0 Å². The van der Waals surface area contributed by atoms with Crippen molar-refractivity contribution in [3.63, 3.8) is 0 Å². The molecule has 0 unspecified atom stereocenters. The van der Waals surface area contributed by atoms with Gasteiger partial charge in [-0.05, 0) is 13.0 Å². The highest BCUT2D eigenvalue weighted by atomic mass is 16.5. The molecule has 0 saturated carbocycles. The van der Waals surface area contributed by atoms with Crippen LogP contribution in [0.3, 0.4) is 0 Å². The third-order valence-corrected chi connectivity index (χ3v) is 3.27. The first-order valence-electron chi connectivity index (χ1n) is 6.96. The molecule has 112 valence electrons. The van der Waals surface area contributed by atoms with Crippen LogP contribution in [0.25, 0.3) is 0 Å². The summed E-state index contributed by atoms with van der Waals surface area (Å²) in [6.07, 6.45) is 1.03. The highest BCUT2D eigenvalue weighted by Crippen LogP contribution is 1.99. The standard InChI is InChI=1S/C13H27N3O3/c1-18-10-8-15(9-11-19-2)12-13(17)16-6-3-4-14-5-7-16/h14H,3-12H2,1-2H3. The van der Waals surface area contributed by atoms with Crippen LogP contribution in [0.2, 0.25) is 0 Å². The number of carbonyl (C=O) groups is 1. The van der Waals surface area contributed by atoms with E-state index in [-0.39, 0.29) is 5.91 Å². The summed E-state index contributed by atoms with van der Waals surface area (Å²) in [7, 11) is 3.35. The van der Waals surface area contributed by atoms with Gasteiger partial charge < -0.3 is 19.7 Å². The van der Waals surface area contributed by atoms with Gasteiger partial charge in [-0.15, -0.1) is 0 Å². The zero-order chi connectivity index (χ0) is 13.9. The van der Waals surface area contributed by atoms with Crippen LogP contribution in [0, 0.1) is 0 Å². The molecule has 6 heteroatoms. The van der Waals surface area contributed by atoms with Gasteiger partial charge >= 0.3 is 0 Å².